The van der Waals surface area contributed by atoms with E-state index in [4.69, 9.17) is 9.15 Å². The molecule has 6 rings (SSSR count). The Kier molecular flexibility index (Phi) is 5.19. The van der Waals surface area contributed by atoms with Crippen LogP contribution in [0.15, 0.2) is 28.1 Å². The van der Waals surface area contributed by atoms with Crippen molar-refractivity contribution in [1.82, 2.24) is 15.3 Å². The fourth-order valence-corrected chi connectivity index (χ4v) is 4.86. The first-order valence-electron chi connectivity index (χ1n) is 10.3. The summed E-state index contributed by atoms with van der Waals surface area (Å²) in [4.78, 5) is 10.8. The first-order valence-corrected chi connectivity index (χ1v) is 11.2. The van der Waals surface area contributed by atoms with Crippen LogP contribution in [0.4, 0.5) is 19.2 Å². The maximum atomic E-state index is 14.0. The van der Waals surface area contributed by atoms with Gasteiger partial charge in [-0.1, -0.05) is 6.07 Å². The van der Waals surface area contributed by atoms with Crippen molar-refractivity contribution in [2.75, 3.05) is 24.6 Å². The highest BCUT2D eigenvalue weighted by Crippen LogP contribution is 2.43. The van der Waals surface area contributed by atoms with Crippen LogP contribution in [0.5, 0.6) is 0 Å². The number of piperidine rings is 1. The highest BCUT2D eigenvalue weighted by molar-refractivity contribution is 7.13. The summed E-state index contributed by atoms with van der Waals surface area (Å²) in [6, 6.07) is 3.89. The molecule has 0 saturated carbocycles. The Balaban J connectivity index is 1.61. The standard InChI is InChI=1S/C21H23F3N4O3S/c1-20(2,29)10-30-17(21(22,23)24)13-3-4-14(18-25-5-6-32-18)16-15(13)27-19(31-16)28-8-11-7-12(9-28)26-11/h3-6,11-12,17,26,29H,7-10H2,1-2H3. The number of aliphatic hydroxyl groups is 1. The van der Waals surface area contributed by atoms with Gasteiger partial charge in [-0.3, -0.25) is 0 Å². The summed E-state index contributed by atoms with van der Waals surface area (Å²) in [6.07, 6.45) is -4.24. The number of piperazine rings is 1. The number of nitrogens with one attached hydrogen (secondary N) is 1. The van der Waals surface area contributed by atoms with E-state index in [0.29, 0.717) is 41.8 Å². The summed E-state index contributed by atoms with van der Waals surface area (Å²) >= 11 is 1.37. The monoisotopic (exact) mass is 468 g/mol. The molecule has 7 nitrogen and oxygen atoms in total. The molecule has 0 aliphatic carbocycles. The van der Waals surface area contributed by atoms with Crippen molar-refractivity contribution in [2.24, 2.45) is 0 Å². The molecule has 3 fully saturated rings. The third-order valence-corrected chi connectivity index (χ3v) is 6.41. The zero-order chi connectivity index (χ0) is 22.7. The summed E-state index contributed by atoms with van der Waals surface area (Å²) in [7, 11) is 0. The number of fused-ring (bicyclic) bond motifs is 3. The van der Waals surface area contributed by atoms with Crippen molar-refractivity contribution < 1.29 is 27.4 Å². The van der Waals surface area contributed by atoms with Crippen LogP contribution in [-0.2, 0) is 4.74 Å². The molecule has 2 aromatic heterocycles. The topological polar surface area (TPSA) is 83.7 Å². The van der Waals surface area contributed by atoms with Crippen LogP contribution in [0, 0.1) is 0 Å². The third kappa shape index (κ3) is 4.09. The van der Waals surface area contributed by atoms with Gasteiger partial charge in [-0.2, -0.15) is 18.2 Å². The van der Waals surface area contributed by atoms with Gasteiger partial charge in [0.2, 0.25) is 0 Å². The Morgan fingerprint density at radius 2 is 2.03 bits per heavy atom. The molecule has 3 aromatic rings. The van der Waals surface area contributed by atoms with E-state index in [-0.39, 0.29) is 16.7 Å². The van der Waals surface area contributed by atoms with E-state index in [1.807, 2.05) is 4.90 Å². The normalized spacial score (nSPS) is 22.2. The number of alkyl halides is 3. The van der Waals surface area contributed by atoms with Crippen molar-refractivity contribution in [3.8, 4) is 10.6 Å². The number of thiazole rings is 1. The third-order valence-electron chi connectivity index (χ3n) is 5.60. The molecule has 5 heterocycles. The van der Waals surface area contributed by atoms with E-state index in [9.17, 15) is 18.3 Å². The Morgan fingerprint density at radius 1 is 1.31 bits per heavy atom. The molecule has 11 heteroatoms. The lowest BCUT2D eigenvalue weighted by atomic mass is 9.92. The van der Waals surface area contributed by atoms with Crippen molar-refractivity contribution in [2.45, 2.75) is 50.2 Å². The van der Waals surface area contributed by atoms with Crippen LogP contribution in [0.25, 0.3) is 21.7 Å². The number of halogens is 3. The number of hydrogen-bond acceptors (Lipinski definition) is 8. The van der Waals surface area contributed by atoms with Crippen molar-refractivity contribution in [1.29, 1.82) is 0 Å². The minimum atomic E-state index is -4.70. The molecule has 3 saturated heterocycles. The van der Waals surface area contributed by atoms with Crippen molar-refractivity contribution >= 4 is 28.5 Å². The zero-order valence-electron chi connectivity index (χ0n) is 17.5. The van der Waals surface area contributed by atoms with Crippen LogP contribution >= 0.6 is 11.3 Å². The zero-order valence-corrected chi connectivity index (χ0v) is 18.3. The van der Waals surface area contributed by atoms with E-state index in [1.54, 1.807) is 17.6 Å². The molecular weight excluding hydrogens is 445 g/mol. The molecule has 3 aliphatic heterocycles. The minimum absolute atomic E-state index is 0.0953. The number of benzene rings is 1. The average molecular weight is 469 g/mol. The molecule has 3 atom stereocenters. The number of hydrogen-bond donors (Lipinski definition) is 2. The second-order valence-corrected chi connectivity index (χ2v) is 9.85. The van der Waals surface area contributed by atoms with Gasteiger partial charge in [0.05, 0.1) is 17.8 Å². The van der Waals surface area contributed by atoms with Crippen LogP contribution in [-0.4, -0.2) is 58.6 Å². The molecule has 3 unspecified atom stereocenters. The van der Waals surface area contributed by atoms with Crippen LogP contribution in [0.3, 0.4) is 0 Å². The maximum Gasteiger partial charge on any atom is 0.418 e. The van der Waals surface area contributed by atoms with Gasteiger partial charge < -0.3 is 24.5 Å². The van der Waals surface area contributed by atoms with E-state index in [2.05, 4.69) is 15.3 Å². The van der Waals surface area contributed by atoms with Crippen LogP contribution in [0.2, 0.25) is 0 Å². The second-order valence-electron chi connectivity index (χ2n) is 8.96. The molecule has 1 aromatic carbocycles. The maximum absolute atomic E-state index is 14.0. The minimum Gasteiger partial charge on any atom is -0.423 e. The lowest BCUT2D eigenvalue weighted by Gasteiger charge is -2.47. The molecular formula is C21H23F3N4O3S. The average Bonchev–Trinajstić information content (AvgIpc) is 3.36. The summed E-state index contributed by atoms with van der Waals surface area (Å²) in [5.74, 6) is 0. The smallest absolute Gasteiger partial charge is 0.418 e. The molecule has 0 amide bonds. The van der Waals surface area contributed by atoms with Gasteiger partial charge in [0.15, 0.2) is 11.7 Å². The molecule has 2 bridgehead atoms. The predicted molar refractivity (Wildman–Crippen MR) is 114 cm³/mol. The molecule has 0 spiro atoms. The van der Waals surface area contributed by atoms with Crippen LogP contribution in [0.1, 0.15) is 31.9 Å². The highest BCUT2D eigenvalue weighted by Gasteiger charge is 2.45. The Labute approximate surface area is 186 Å². The molecule has 32 heavy (non-hydrogen) atoms. The number of oxazole rings is 1. The molecule has 172 valence electrons. The van der Waals surface area contributed by atoms with Crippen molar-refractivity contribution in [3.63, 3.8) is 0 Å². The summed E-state index contributed by atoms with van der Waals surface area (Å²) < 4.78 is 53.3. The molecule has 2 N–H and O–H groups in total. The SMILES string of the molecule is CC(C)(O)COC(c1ccc(-c2nccs2)c2oc(N3CC4CC(C3)N4)nc12)C(F)(F)F. The van der Waals surface area contributed by atoms with E-state index in [0.717, 1.165) is 6.42 Å². The summed E-state index contributed by atoms with van der Waals surface area (Å²) in [5, 5.41) is 15.8. The van der Waals surface area contributed by atoms with E-state index >= 15 is 0 Å². The van der Waals surface area contributed by atoms with Crippen LogP contribution < -0.4 is 10.2 Å². The summed E-state index contributed by atoms with van der Waals surface area (Å²) in [5.41, 5.74) is -0.632. The largest absolute Gasteiger partial charge is 0.423 e. The first kappa shape index (κ1) is 21.6. The highest BCUT2D eigenvalue weighted by atomic mass is 32.1. The second kappa shape index (κ2) is 7.68. The fraction of sp³-hybridized carbons (Fsp3) is 0.524. The van der Waals surface area contributed by atoms with Gasteiger partial charge in [0.1, 0.15) is 10.5 Å². The summed E-state index contributed by atoms with van der Waals surface area (Å²) in [6.45, 7) is 3.67. The number of ether oxygens (including phenoxy) is 1. The molecule has 0 radical (unpaired) electrons. The van der Waals surface area contributed by atoms with Gasteiger partial charge >= 0.3 is 6.18 Å². The number of nitrogens with zero attached hydrogens (tertiary/aromatic N) is 3. The van der Waals surface area contributed by atoms with Gasteiger partial charge in [-0.05, 0) is 26.3 Å². The van der Waals surface area contributed by atoms with Gasteiger partial charge in [0.25, 0.3) is 6.01 Å². The predicted octanol–water partition coefficient (Wildman–Crippen LogP) is 3.89. The Bertz CT molecular complexity index is 1090. The first-order chi connectivity index (χ1) is 15.1. The molecule has 3 aliphatic rings. The fourth-order valence-electron chi connectivity index (χ4n) is 4.20. The van der Waals surface area contributed by atoms with Gasteiger partial charge in [-0.25, -0.2) is 4.98 Å². The van der Waals surface area contributed by atoms with Crippen molar-refractivity contribution in [3.05, 3.63) is 29.3 Å². The van der Waals surface area contributed by atoms with E-state index in [1.165, 1.54) is 31.3 Å². The van der Waals surface area contributed by atoms with Gasteiger partial charge in [-0.15, -0.1) is 11.3 Å². The quantitative estimate of drug-likeness (QED) is 0.568. The lowest BCUT2D eigenvalue weighted by Crippen LogP contribution is -2.67. The van der Waals surface area contributed by atoms with E-state index < -0.39 is 24.5 Å². The number of rotatable bonds is 6. The Morgan fingerprint density at radius 3 is 2.62 bits per heavy atom. The number of anilines is 1. The Hall–Kier alpha value is -2.21. The van der Waals surface area contributed by atoms with Gasteiger partial charge in [0, 0.05) is 42.3 Å². The number of aromatic nitrogens is 2. The lowest BCUT2D eigenvalue weighted by molar-refractivity contribution is -0.233.